The number of amidine groups is 1. The Kier molecular flexibility index (Phi) is 6.40. The fourth-order valence-electron chi connectivity index (χ4n) is 4.76. The van der Waals surface area contributed by atoms with Crippen LogP contribution in [0.2, 0.25) is 0 Å². The summed E-state index contributed by atoms with van der Waals surface area (Å²) < 4.78 is 13.7. The van der Waals surface area contributed by atoms with Crippen molar-refractivity contribution in [1.82, 2.24) is 19.9 Å². The van der Waals surface area contributed by atoms with E-state index in [1.165, 1.54) is 6.07 Å². The van der Waals surface area contributed by atoms with Crippen molar-refractivity contribution in [3.63, 3.8) is 0 Å². The number of aromatic nitrogens is 3. The van der Waals surface area contributed by atoms with Crippen molar-refractivity contribution in [3.8, 4) is 11.4 Å². The third kappa shape index (κ3) is 4.87. The number of benzene rings is 1. The summed E-state index contributed by atoms with van der Waals surface area (Å²) in [6.45, 7) is 2.37. The Balaban J connectivity index is 1.27. The predicted molar refractivity (Wildman–Crippen MR) is 131 cm³/mol. The normalized spacial score (nSPS) is 19.3. The van der Waals surface area contributed by atoms with E-state index in [1.807, 2.05) is 29.2 Å². The lowest BCUT2D eigenvalue weighted by Crippen LogP contribution is -2.36. The fourth-order valence-corrected chi connectivity index (χ4v) is 4.76. The van der Waals surface area contributed by atoms with Crippen LogP contribution in [-0.4, -0.2) is 56.5 Å². The second-order valence-electron chi connectivity index (χ2n) is 8.91. The molecule has 3 aromatic rings. The number of hydrogen-bond donors (Lipinski definition) is 3. The summed E-state index contributed by atoms with van der Waals surface area (Å²) >= 11 is 0. The molecule has 0 aliphatic carbocycles. The van der Waals surface area contributed by atoms with Gasteiger partial charge in [-0.05, 0) is 67.7 Å². The van der Waals surface area contributed by atoms with E-state index in [4.69, 9.17) is 10.4 Å². The molecular weight excluding hydrogens is 431 g/mol. The van der Waals surface area contributed by atoms with E-state index < -0.39 is 0 Å². The van der Waals surface area contributed by atoms with Gasteiger partial charge in [0.1, 0.15) is 23.3 Å². The maximum atomic E-state index is 13.7. The topological polar surface area (TPSA) is 92.1 Å². The molecular formula is C26H29FN6O. The SMILES string of the molecule is N=C(/C=C\c1ncc(-c2cccc(N3CCC(O)CC3)n2)[nH]1)N1CCCC1c1cccc(F)c1. The summed E-state index contributed by atoms with van der Waals surface area (Å²) in [7, 11) is 0. The number of nitrogens with one attached hydrogen (secondary N) is 2. The van der Waals surface area contributed by atoms with Crippen LogP contribution in [0.15, 0.2) is 54.7 Å². The van der Waals surface area contributed by atoms with Crippen LogP contribution in [-0.2, 0) is 0 Å². The van der Waals surface area contributed by atoms with Crippen molar-refractivity contribution in [3.05, 3.63) is 71.9 Å². The number of nitrogens with zero attached hydrogens (tertiary/aromatic N) is 4. The molecule has 1 atom stereocenters. The Morgan fingerprint density at radius 1 is 1.12 bits per heavy atom. The molecule has 0 saturated carbocycles. The van der Waals surface area contributed by atoms with Crippen molar-refractivity contribution >= 4 is 17.7 Å². The van der Waals surface area contributed by atoms with Crippen LogP contribution in [0.3, 0.4) is 0 Å². The second kappa shape index (κ2) is 9.77. The van der Waals surface area contributed by atoms with Gasteiger partial charge in [0.25, 0.3) is 0 Å². The number of aromatic amines is 1. The highest BCUT2D eigenvalue weighted by Gasteiger charge is 2.27. The monoisotopic (exact) mass is 460 g/mol. The number of halogens is 1. The molecule has 3 N–H and O–H groups in total. The Morgan fingerprint density at radius 2 is 1.94 bits per heavy atom. The molecule has 2 fully saturated rings. The van der Waals surface area contributed by atoms with E-state index in [-0.39, 0.29) is 18.0 Å². The zero-order valence-electron chi connectivity index (χ0n) is 19.0. The average Bonchev–Trinajstić information content (AvgIpc) is 3.53. The van der Waals surface area contributed by atoms with E-state index >= 15 is 0 Å². The van der Waals surface area contributed by atoms with Crippen molar-refractivity contribution < 1.29 is 9.50 Å². The van der Waals surface area contributed by atoms with Crippen LogP contribution >= 0.6 is 0 Å². The minimum Gasteiger partial charge on any atom is -0.393 e. The minimum atomic E-state index is -0.245. The number of hydrogen-bond acceptors (Lipinski definition) is 5. The summed E-state index contributed by atoms with van der Waals surface area (Å²) in [5, 5.41) is 18.3. The van der Waals surface area contributed by atoms with Gasteiger partial charge in [0.15, 0.2) is 0 Å². The van der Waals surface area contributed by atoms with Crippen molar-refractivity contribution in [2.45, 2.75) is 37.8 Å². The summed E-state index contributed by atoms with van der Waals surface area (Å²) in [6, 6.07) is 12.6. The van der Waals surface area contributed by atoms with Gasteiger partial charge in [0.2, 0.25) is 0 Å². The molecule has 0 radical (unpaired) electrons. The van der Waals surface area contributed by atoms with E-state index in [9.17, 15) is 9.50 Å². The van der Waals surface area contributed by atoms with E-state index in [0.29, 0.717) is 11.7 Å². The zero-order valence-corrected chi connectivity index (χ0v) is 19.0. The maximum absolute atomic E-state index is 13.7. The highest BCUT2D eigenvalue weighted by Crippen LogP contribution is 2.32. The zero-order chi connectivity index (χ0) is 23.5. The molecule has 34 heavy (non-hydrogen) atoms. The minimum absolute atomic E-state index is 0.0165. The van der Waals surface area contributed by atoms with Gasteiger partial charge in [-0.1, -0.05) is 18.2 Å². The molecule has 0 spiro atoms. The van der Waals surface area contributed by atoms with Gasteiger partial charge >= 0.3 is 0 Å². The quantitative estimate of drug-likeness (QED) is 0.388. The van der Waals surface area contributed by atoms with Crippen LogP contribution in [0.5, 0.6) is 0 Å². The molecule has 0 bridgehead atoms. The first-order valence-corrected chi connectivity index (χ1v) is 11.8. The first-order chi connectivity index (χ1) is 16.6. The maximum Gasteiger partial charge on any atom is 0.130 e. The summed E-state index contributed by atoms with van der Waals surface area (Å²) in [6.07, 6.45) is 8.46. The molecule has 2 aliphatic rings. The van der Waals surface area contributed by atoms with Crippen LogP contribution in [0.25, 0.3) is 17.5 Å². The molecule has 0 amide bonds. The molecule has 1 aromatic carbocycles. The molecule has 2 aromatic heterocycles. The summed E-state index contributed by atoms with van der Waals surface area (Å²) in [5.41, 5.74) is 2.52. The lowest BCUT2D eigenvalue weighted by Gasteiger charge is -2.30. The van der Waals surface area contributed by atoms with Crippen LogP contribution in [0, 0.1) is 11.2 Å². The molecule has 176 valence electrons. The van der Waals surface area contributed by atoms with Crippen molar-refractivity contribution in [2.24, 2.45) is 0 Å². The number of aliphatic hydroxyl groups is 1. The lowest BCUT2D eigenvalue weighted by atomic mass is 10.0. The second-order valence-corrected chi connectivity index (χ2v) is 8.91. The van der Waals surface area contributed by atoms with E-state index in [1.54, 1.807) is 30.5 Å². The Hall–Kier alpha value is -3.52. The first-order valence-electron chi connectivity index (χ1n) is 11.8. The number of anilines is 1. The van der Waals surface area contributed by atoms with Gasteiger partial charge in [-0.15, -0.1) is 0 Å². The summed E-state index contributed by atoms with van der Waals surface area (Å²) in [5.74, 6) is 1.69. The van der Waals surface area contributed by atoms with E-state index in [0.717, 1.165) is 68.1 Å². The van der Waals surface area contributed by atoms with Gasteiger partial charge in [0.05, 0.1) is 29.7 Å². The Morgan fingerprint density at radius 3 is 2.76 bits per heavy atom. The molecule has 7 nitrogen and oxygen atoms in total. The average molecular weight is 461 g/mol. The largest absolute Gasteiger partial charge is 0.393 e. The van der Waals surface area contributed by atoms with Crippen molar-refractivity contribution in [1.29, 1.82) is 5.41 Å². The number of pyridine rings is 1. The molecule has 1 unspecified atom stereocenters. The Bertz CT molecular complexity index is 1180. The smallest absolute Gasteiger partial charge is 0.130 e. The number of aliphatic hydroxyl groups excluding tert-OH is 1. The van der Waals surface area contributed by atoms with Crippen LogP contribution < -0.4 is 4.90 Å². The van der Waals surface area contributed by atoms with Gasteiger partial charge in [-0.3, -0.25) is 5.41 Å². The predicted octanol–water partition coefficient (Wildman–Crippen LogP) is 4.40. The summed E-state index contributed by atoms with van der Waals surface area (Å²) in [4.78, 5) is 16.7. The third-order valence-corrected chi connectivity index (χ3v) is 6.59. The highest BCUT2D eigenvalue weighted by atomic mass is 19.1. The highest BCUT2D eigenvalue weighted by molar-refractivity contribution is 5.94. The molecule has 4 heterocycles. The van der Waals surface area contributed by atoms with Gasteiger partial charge in [0, 0.05) is 19.6 Å². The molecule has 8 heteroatoms. The van der Waals surface area contributed by atoms with Gasteiger partial charge < -0.3 is 19.9 Å². The van der Waals surface area contributed by atoms with Gasteiger partial charge in [-0.2, -0.15) is 0 Å². The van der Waals surface area contributed by atoms with Crippen LogP contribution in [0.4, 0.5) is 10.2 Å². The standard InChI is InChI=1S/C26H29FN6O/c27-19-5-1-4-18(16-19)23-7-3-13-33(23)24(28)9-10-25-29-17-22(30-25)21-6-2-8-26(31-21)32-14-11-20(34)12-15-32/h1-2,4-6,8-10,16-17,20,23,28,34H,3,7,11-15H2,(H,29,30)/b10-9-,28-24?. The first kappa shape index (κ1) is 22.3. The number of imidazole rings is 1. The molecule has 2 aliphatic heterocycles. The number of likely N-dealkylation sites (tertiary alicyclic amines) is 1. The number of piperidine rings is 1. The van der Waals surface area contributed by atoms with Crippen molar-refractivity contribution in [2.75, 3.05) is 24.5 Å². The molecule has 2 saturated heterocycles. The molecule has 5 rings (SSSR count). The Labute approximate surface area is 198 Å². The van der Waals surface area contributed by atoms with Crippen LogP contribution in [0.1, 0.15) is 43.1 Å². The third-order valence-electron chi connectivity index (χ3n) is 6.59. The van der Waals surface area contributed by atoms with E-state index in [2.05, 4.69) is 14.9 Å². The van der Waals surface area contributed by atoms with Gasteiger partial charge in [-0.25, -0.2) is 14.4 Å². The number of H-pyrrole nitrogens is 1. The fraction of sp³-hybridized carbons (Fsp3) is 0.346. The number of rotatable bonds is 5. The lowest BCUT2D eigenvalue weighted by molar-refractivity contribution is 0.145.